The van der Waals surface area contributed by atoms with Crippen LogP contribution in [0.1, 0.15) is 16.2 Å². The number of carbonyl (C=O) groups excluding carboxylic acids is 1. The third-order valence-corrected chi connectivity index (χ3v) is 3.75. The summed E-state index contributed by atoms with van der Waals surface area (Å²) < 4.78 is 41.0. The first kappa shape index (κ1) is 19.7. The minimum atomic E-state index is -4.40. The quantitative estimate of drug-likeness (QED) is 0.801. The van der Waals surface area contributed by atoms with Gasteiger partial charge in [0.25, 0.3) is 5.91 Å². The number of piperazine rings is 1. The van der Waals surface area contributed by atoms with Crippen molar-refractivity contribution in [3.63, 3.8) is 0 Å². The zero-order chi connectivity index (χ0) is 16.3. The summed E-state index contributed by atoms with van der Waals surface area (Å²) in [6.45, 7) is 2.73. The normalized spacial score (nSPS) is 17.4. The van der Waals surface area contributed by atoms with E-state index in [0.29, 0.717) is 31.9 Å². The van der Waals surface area contributed by atoms with E-state index in [-0.39, 0.29) is 18.1 Å². The lowest BCUT2D eigenvalue weighted by molar-refractivity contribution is -0.183. The van der Waals surface area contributed by atoms with Crippen LogP contribution in [0.4, 0.5) is 13.2 Å². The van der Waals surface area contributed by atoms with E-state index < -0.39 is 24.7 Å². The lowest BCUT2D eigenvalue weighted by Gasteiger charge is -2.35. The van der Waals surface area contributed by atoms with Gasteiger partial charge in [-0.25, -0.2) is 0 Å². The van der Waals surface area contributed by atoms with Gasteiger partial charge < -0.3 is 10.6 Å². The molecule has 1 atom stereocenters. The second-order valence-electron chi connectivity index (χ2n) is 5.20. The molecule has 1 unspecified atom stereocenters. The summed E-state index contributed by atoms with van der Waals surface area (Å²) in [7, 11) is 1.61. The van der Waals surface area contributed by atoms with E-state index >= 15 is 0 Å². The Hall–Kier alpha value is -1.39. The minimum Gasteiger partial charge on any atom is -0.349 e. The Bertz CT molecular complexity index is 529. The number of carbonyl (C=O) groups is 1. The third kappa shape index (κ3) is 4.79. The van der Waals surface area contributed by atoms with Crippen molar-refractivity contribution in [1.82, 2.24) is 30.5 Å². The summed E-state index contributed by atoms with van der Waals surface area (Å²) in [6.07, 6.45) is -4.40. The van der Waals surface area contributed by atoms with Crippen molar-refractivity contribution >= 4 is 18.3 Å². The number of alkyl halides is 3. The number of rotatable bonds is 4. The van der Waals surface area contributed by atoms with Crippen LogP contribution < -0.4 is 10.6 Å². The Labute approximate surface area is 138 Å². The van der Waals surface area contributed by atoms with Crippen molar-refractivity contribution < 1.29 is 18.0 Å². The molecular weight excluding hydrogens is 337 g/mol. The predicted octanol–water partition coefficient (Wildman–Crippen LogP) is 0.111. The van der Waals surface area contributed by atoms with Crippen LogP contribution >= 0.6 is 12.4 Å². The van der Waals surface area contributed by atoms with Crippen LogP contribution in [-0.2, 0) is 7.05 Å². The molecule has 2 N–H and O–H groups in total. The minimum absolute atomic E-state index is 0. The number of nitrogens with zero attached hydrogens (tertiary/aromatic N) is 4. The van der Waals surface area contributed by atoms with Crippen LogP contribution in [0.3, 0.4) is 0 Å². The molecule has 1 fully saturated rings. The maximum absolute atomic E-state index is 13.2. The summed E-state index contributed by atoms with van der Waals surface area (Å²) in [5, 5.41) is 12.7. The molecule has 23 heavy (non-hydrogen) atoms. The van der Waals surface area contributed by atoms with Gasteiger partial charge in [0.2, 0.25) is 0 Å². The van der Waals surface area contributed by atoms with Crippen LogP contribution in [0.5, 0.6) is 0 Å². The highest BCUT2D eigenvalue weighted by molar-refractivity contribution is 5.93. The Morgan fingerprint density at radius 1 is 1.39 bits per heavy atom. The maximum Gasteiger partial charge on any atom is 0.405 e. The molecule has 7 nitrogen and oxygen atoms in total. The van der Waals surface area contributed by atoms with Gasteiger partial charge in [-0.2, -0.15) is 13.2 Å². The number of hydrogen-bond acceptors (Lipinski definition) is 5. The molecule has 1 aliphatic rings. The van der Waals surface area contributed by atoms with Gasteiger partial charge in [-0.05, 0) is 6.92 Å². The Kier molecular flexibility index (Phi) is 6.78. The highest BCUT2D eigenvalue weighted by Crippen LogP contribution is 2.24. The second-order valence-corrected chi connectivity index (χ2v) is 5.20. The van der Waals surface area contributed by atoms with E-state index in [1.165, 1.54) is 9.58 Å². The molecule has 2 rings (SSSR count). The van der Waals surface area contributed by atoms with Gasteiger partial charge in [-0.3, -0.25) is 14.4 Å². The van der Waals surface area contributed by atoms with Gasteiger partial charge in [-0.1, -0.05) is 5.21 Å². The smallest absolute Gasteiger partial charge is 0.349 e. The van der Waals surface area contributed by atoms with Crippen LogP contribution in [-0.4, -0.2) is 70.7 Å². The van der Waals surface area contributed by atoms with E-state index in [4.69, 9.17) is 0 Å². The number of amides is 1. The van der Waals surface area contributed by atoms with E-state index in [0.717, 1.165) is 0 Å². The molecule has 0 spiro atoms. The number of aromatic nitrogens is 3. The summed E-state index contributed by atoms with van der Waals surface area (Å²) in [6, 6.07) is -1.70. The fraction of sp³-hybridized carbons (Fsp3) is 0.750. The average molecular weight is 357 g/mol. The molecule has 0 saturated carbocycles. The maximum atomic E-state index is 13.2. The Balaban J connectivity index is 0.00000264. The van der Waals surface area contributed by atoms with Crippen molar-refractivity contribution in [2.45, 2.75) is 19.1 Å². The van der Waals surface area contributed by atoms with Crippen molar-refractivity contribution in [2.24, 2.45) is 7.05 Å². The number of hydrogen-bond donors (Lipinski definition) is 2. The van der Waals surface area contributed by atoms with Gasteiger partial charge in [0.1, 0.15) is 6.04 Å². The lowest BCUT2D eigenvalue weighted by Crippen LogP contribution is -2.57. The van der Waals surface area contributed by atoms with Gasteiger partial charge in [0.05, 0.1) is 5.69 Å². The summed E-state index contributed by atoms with van der Waals surface area (Å²) >= 11 is 0. The number of halogens is 4. The molecule has 2 heterocycles. The molecule has 0 aliphatic carbocycles. The Morgan fingerprint density at radius 2 is 2.00 bits per heavy atom. The third-order valence-electron chi connectivity index (χ3n) is 3.75. The summed E-state index contributed by atoms with van der Waals surface area (Å²) in [5.41, 5.74) is 0.548. The fourth-order valence-electron chi connectivity index (χ4n) is 2.33. The van der Waals surface area contributed by atoms with Crippen LogP contribution in [0, 0.1) is 6.92 Å². The van der Waals surface area contributed by atoms with Crippen molar-refractivity contribution in [2.75, 3.05) is 32.7 Å². The van der Waals surface area contributed by atoms with Crippen molar-refractivity contribution in [1.29, 1.82) is 0 Å². The zero-order valence-electron chi connectivity index (χ0n) is 12.9. The largest absolute Gasteiger partial charge is 0.405 e. The van der Waals surface area contributed by atoms with Crippen LogP contribution in [0.25, 0.3) is 0 Å². The summed E-state index contributed by atoms with van der Waals surface area (Å²) in [5.74, 6) is -0.644. The van der Waals surface area contributed by atoms with E-state index in [1.807, 2.05) is 0 Å². The van der Waals surface area contributed by atoms with Gasteiger partial charge in [-0.15, -0.1) is 17.5 Å². The highest BCUT2D eigenvalue weighted by Gasteiger charge is 2.43. The molecule has 1 saturated heterocycles. The average Bonchev–Trinajstić information content (AvgIpc) is 2.79. The molecule has 1 aromatic heterocycles. The van der Waals surface area contributed by atoms with Crippen LogP contribution in [0.2, 0.25) is 0 Å². The molecule has 0 aromatic carbocycles. The standard InChI is InChI=1S/C12H19F3N6O.ClH/c1-8-10(18-19-20(8)2)11(22)17-7-9(12(13,14)15)21-5-3-16-4-6-21;/h9,16H,3-7H2,1-2H3,(H,17,22);1H. The molecule has 1 aliphatic heterocycles. The summed E-state index contributed by atoms with van der Waals surface area (Å²) in [4.78, 5) is 13.3. The van der Waals surface area contributed by atoms with Crippen LogP contribution in [0.15, 0.2) is 0 Å². The number of aryl methyl sites for hydroxylation is 1. The molecule has 0 bridgehead atoms. The first-order valence-electron chi connectivity index (χ1n) is 6.96. The molecule has 0 radical (unpaired) electrons. The Morgan fingerprint density at radius 3 is 2.48 bits per heavy atom. The molecule has 11 heteroatoms. The second kappa shape index (κ2) is 7.93. The topological polar surface area (TPSA) is 75.1 Å². The first-order chi connectivity index (χ1) is 10.3. The van der Waals surface area contributed by atoms with E-state index in [9.17, 15) is 18.0 Å². The van der Waals surface area contributed by atoms with Gasteiger partial charge in [0, 0.05) is 39.8 Å². The van der Waals surface area contributed by atoms with E-state index in [1.54, 1.807) is 14.0 Å². The molecule has 132 valence electrons. The van der Waals surface area contributed by atoms with Gasteiger partial charge in [0.15, 0.2) is 5.69 Å². The highest BCUT2D eigenvalue weighted by atomic mass is 35.5. The predicted molar refractivity (Wildman–Crippen MR) is 79.6 cm³/mol. The molecule has 1 amide bonds. The molecular formula is C12H20ClF3N6O. The fourth-order valence-corrected chi connectivity index (χ4v) is 2.33. The van der Waals surface area contributed by atoms with Crippen molar-refractivity contribution in [3.05, 3.63) is 11.4 Å². The van der Waals surface area contributed by atoms with Crippen molar-refractivity contribution in [3.8, 4) is 0 Å². The number of nitrogens with one attached hydrogen (secondary N) is 2. The van der Waals surface area contributed by atoms with Gasteiger partial charge >= 0.3 is 6.18 Å². The lowest BCUT2D eigenvalue weighted by atomic mass is 10.2. The zero-order valence-corrected chi connectivity index (χ0v) is 13.7. The monoisotopic (exact) mass is 356 g/mol. The molecule has 1 aromatic rings. The first-order valence-corrected chi connectivity index (χ1v) is 6.96. The van der Waals surface area contributed by atoms with E-state index in [2.05, 4.69) is 20.9 Å². The SMILES string of the molecule is Cc1c(C(=O)NCC(N2CCNCC2)C(F)(F)F)nnn1C.Cl.